The minimum atomic E-state index is 0.0247. The largest absolute Gasteiger partial charge is 0.466 e. The Morgan fingerprint density at radius 3 is 1.23 bits per heavy atom. The molecule has 0 amide bonds. The first-order chi connectivity index (χ1) is 21.2. The molecule has 0 spiro atoms. The van der Waals surface area contributed by atoms with Crippen molar-refractivity contribution < 1.29 is 9.53 Å². The van der Waals surface area contributed by atoms with Gasteiger partial charge in [0, 0.05) is 6.42 Å². The van der Waals surface area contributed by atoms with E-state index >= 15 is 0 Å². The molecule has 0 radical (unpaired) electrons. The molecule has 0 saturated heterocycles. The fourth-order valence-electron chi connectivity index (χ4n) is 6.08. The molecule has 0 aromatic carbocycles. The first-order valence-electron chi connectivity index (χ1n) is 20.0. The molecule has 43 heavy (non-hydrogen) atoms. The number of hydrogen-bond acceptors (Lipinski definition) is 2. The van der Waals surface area contributed by atoms with E-state index in [1.165, 1.54) is 193 Å². The van der Waals surface area contributed by atoms with Crippen LogP contribution in [0.25, 0.3) is 0 Å². The van der Waals surface area contributed by atoms with Crippen LogP contribution in [0.2, 0.25) is 0 Å². The Bertz CT molecular complexity index is 552. The van der Waals surface area contributed by atoms with E-state index in [0.29, 0.717) is 13.0 Å². The number of carbonyl (C=O) groups is 1. The van der Waals surface area contributed by atoms with Crippen molar-refractivity contribution in [2.75, 3.05) is 6.61 Å². The maximum Gasteiger partial charge on any atom is 0.305 e. The van der Waals surface area contributed by atoms with Crippen LogP contribution in [0, 0.1) is 5.92 Å². The highest BCUT2D eigenvalue weighted by atomic mass is 16.5. The molecule has 0 unspecified atom stereocenters. The Balaban J connectivity index is 3.17. The Kier molecular flexibility index (Phi) is 36.7. The topological polar surface area (TPSA) is 26.3 Å². The van der Waals surface area contributed by atoms with Gasteiger partial charge >= 0.3 is 5.97 Å². The molecular formula is C41H80O2. The van der Waals surface area contributed by atoms with Gasteiger partial charge in [-0.15, -0.1) is 0 Å². The number of hydrogen-bond donors (Lipinski definition) is 0. The Morgan fingerprint density at radius 2 is 0.814 bits per heavy atom. The van der Waals surface area contributed by atoms with Crippen LogP contribution in [0.3, 0.4) is 0 Å². The molecule has 0 N–H and O–H groups in total. The third kappa shape index (κ3) is 39.2. The van der Waals surface area contributed by atoms with Crippen LogP contribution < -0.4 is 0 Å². The highest BCUT2D eigenvalue weighted by Gasteiger charge is 2.03. The number of esters is 1. The summed E-state index contributed by atoms with van der Waals surface area (Å²) < 4.78 is 5.46. The van der Waals surface area contributed by atoms with Gasteiger partial charge in [0.05, 0.1) is 6.61 Å². The van der Waals surface area contributed by atoms with Gasteiger partial charge in [-0.3, -0.25) is 4.79 Å². The van der Waals surface area contributed by atoms with E-state index in [1.807, 2.05) is 0 Å². The molecule has 0 atom stereocenters. The van der Waals surface area contributed by atoms with Gasteiger partial charge in [0.1, 0.15) is 0 Å². The standard InChI is InChI=1S/C41H80O2/c1-4-5-6-7-8-9-10-11-12-13-17-20-23-26-29-32-35-38-41(42)43-39-36-33-30-27-24-21-18-15-14-16-19-22-25-28-31-34-37-40(2)3/h9-10,40H,4-8,11-39H2,1-3H3. The maximum atomic E-state index is 12.0. The van der Waals surface area contributed by atoms with Crippen LogP contribution in [0.1, 0.15) is 233 Å². The van der Waals surface area contributed by atoms with E-state index in [4.69, 9.17) is 4.74 Å². The fourth-order valence-corrected chi connectivity index (χ4v) is 6.08. The highest BCUT2D eigenvalue weighted by molar-refractivity contribution is 5.69. The van der Waals surface area contributed by atoms with Gasteiger partial charge in [0.15, 0.2) is 0 Å². The average Bonchev–Trinajstić information content (AvgIpc) is 2.99. The number of carbonyl (C=O) groups excluding carboxylic acids is 1. The molecule has 0 aromatic heterocycles. The Labute approximate surface area is 272 Å². The smallest absolute Gasteiger partial charge is 0.305 e. The minimum Gasteiger partial charge on any atom is -0.466 e. The zero-order valence-electron chi connectivity index (χ0n) is 30.1. The van der Waals surface area contributed by atoms with Crippen molar-refractivity contribution in [2.24, 2.45) is 5.92 Å². The Hall–Kier alpha value is -0.790. The molecule has 2 nitrogen and oxygen atoms in total. The maximum absolute atomic E-state index is 12.0. The van der Waals surface area contributed by atoms with Crippen molar-refractivity contribution in [3.05, 3.63) is 12.2 Å². The second-order valence-corrected chi connectivity index (χ2v) is 14.1. The average molecular weight is 605 g/mol. The van der Waals surface area contributed by atoms with Crippen LogP contribution in [0.5, 0.6) is 0 Å². The Morgan fingerprint density at radius 1 is 0.465 bits per heavy atom. The van der Waals surface area contributed by atoms with Crippen molar-refractivity contribution in [3.8, 4) is 0 Å². The van der Waals surface area contributed by atoms with Crippen molar-refractivity contribution in [1.82, 2.24) is 0 Å². The number of unbranched alkanes of at least 4 members (excludes halogenated alkanes) is 28. The molecule has 0 rings (SSSR count). The van der Waals surface area contributed by atoms with E-state index in [9.17, 15) is 4.79 Å². The van der Waals surface area contributed by atoms with E-state index < -0.39 is 0 Å². The summed E-state index contributed by atoms with van der Waals surface area (Å²) in [5.74, 6) is 0.903. The lowest BCUT2D eigenvalue weighted by Crippen LogP contribution is -2.05. The van der Waals surface area contributed by atoms with Crippen molar-refractivity contribution in [3.63, 3.8) is 0 Å². The van der Waals surface area contributed by atoms with Crippen LogP contribution in [0.15, 0.2) is 12.2 Å². The van der Waals surface area contributed by atoms with Gasteiger partial charge in [0.2, 0.25) is 0 Å². The zero-order valence-corrected chi connectivity index (χ0v) is 30.1. The lowest BCUT2D eigenvalue weighted by molar-refractivity contribution is -0.143. The highest BCUT2D eigenvalue weighted by Crippen LogP contribution is 2.16. The van der Waals surface area contributed by atoms with Crippen LogP contribution in [-0.2, 0) is 9.53 Å². The van der Waals surface area contributed by atoms with Gasteiger partial charge in [-0.25, -0.2) is 0 Å². The molecule has 0 aliphatic carbocycles. The van der Waals surface area contributed by atoms with Crippen molar-refractivity contribution >= 4 is 5.97 Å². The van der Waals surface area contributed by atoms with Crippen LogP contribution in [0.4, 0.5) is 0 Å². The third-order valence-corrected chi connectivity index (χ3v) is 9.08. The number of rotatable bonds is 36. The SMILES string of the molecule is CCCCCCC=CCCCCCCCCCCCC(=O)OCCCCCCCCCCCCCCCCCCC(C)C. The second-order valence-electron chi connectivity index (χ2n) is 14.1. The molecule has 2 heteroatoms. The zero-order chi connectivity index (χ0) is 31.3. The van der Waals surface area contributed by atoms with E-state index in [-0.39, 0.29) is 5.97 Å². The molecule has 0 aliphatic heterocycles. The van der Waals surface area contributed by atoms with Gasteiger partial charge in [0.25, 0.3) is 0 Å². The minimum absolute atomic E-state index is 0.0247. The molecule has 0 heterocycles. The monoisotopic (exact) mass is 605 g/mol. The predicted octanol–water partition coefficient (Wildman–Crippen LogP) is 14.6. The van der Waals surface area contributed by atoms with Crippen LogP contribution >= 0.6 is 0 Å². The molecule has 0 aliphatic rings. The van der Waals surface area contributed by atoms with E-state index in [1.54, 1.807) is 0 Å². The summed E-state index contributed by atoms with van der Waals surface area (Å²) in [6, 6.07) is 0. The predicted molar refractivity (Wildman–Crippen MR) is 193 cm³/mol. The molecule has 0 fully saturated rings. The lowest BCUT2D eigenvalue weighted by atomic mass is 10.0. The van der Waals surface area contributed by atoms with Crippen molar-refractivity contribution in [2.45, 2.75) is 233 Å². The number of ether oxygens (including phenoxy) is 1. The second kappa shape index (κ2) is 37.4. The molecule has 0 bridgehead atoms. The van der Waals surface area contributed by atoms with E-state index in [0.717, 1.165) is 18.8 Å². The summed E-state index contributed by atoms with van der Waals surface area (Å²) >= 11 is 0. The molecule has 0 saturated carbocycles. The van der Waals surface area contributed by atoms with Gasteiger partial charge in [-0.2, -0.15) is 0 Å². The summed E-state index contributed by atoms with van der Waals surface area (Å²) in [5.41, 5.74) is 0. The van der Waals surface area contributed by atoms with Crippen molar-refractivity contribution in [1.29, 1.82) is 0 Å². The van der Waals surface area contributed by atoms with Gasteiger partial charge in [-0.1, -0.05) is 200 Å². The van der Waals surface area contributed by atoms with E-state index in [2.05, 4.69) is 32.9 Å². The fraction of sp³-hybridized carbons (Fsp3) is 0.927. The van der Waals surface area contributed by atoms with Crippen LogP contribution in [-0.4, -0.2) is 12.6 Å². The normalized spacial score (nSPS) is 11.7. The lowest BCUT2D eigenvalue weighted by Gasteiger charge is -2.06. The number of allylic oxidation sites excluding steroid dienone is 2. The van der Waals surface area contributed by atoms with Gasteiger partial charge < -0.3 is 4.74 Å². The first-order valence-corrected chi connectivity index (χ1v) is 20.0. The van der Waals surface area contributed by atoms with Gasteiger partial charge in [-0.05, 0) is 44.4 Å². The third-order valence-electron chi connectivity index (χ3n) is 9.08. The summed E-state index contributed by atoms with van der Waals surface area (Å²) in [6.45, 7) is 7.58. The molecule has 256 valence electrons. The first kappa shape index (κ1) is 42.2. The summed E-state index contributed by atoms with van der Waals surface area (Å²) in [5, 5.41) is 0. The summed E-state index contributed by atoms with van der Waals surface area (Å²) in [7, 11) is 0. The quantitative estimate of drug-likeness (QED) is 0.0404. The molecule has 0 aromatic rings. The summed E-state index contributed by atoms with van der Waals surface area (Å²) in [4.78, 5) is 12.0. The molecular weight excluding hydrogens is 524 g/mol. The summed E-state index contributed by atoms with van der Waals surface area (Å²) in [6.07, 6.45) is 48.6.